The first-order chi connectivity index (χ1) is 12.0. The fourth-order valence-corrected chi connectivity index (χ4v) is 4.19. The zero-order valence-electron chi connectivity index (χ0n) is 13.9. The third-order valence-electron chi connectivity index (χ3n) is 4.25. The van der Waals surface area contributed by atoms with Crippen molar-refractivity contribution < 1.29 is 9.00 Å². The molecule has 2 aromatic rings. The number of aromatic nitrogens is 1. The Bertz CT molecular complexity index is 782. The average molecular weight is 422 g/mol. The molecule has 2 atom stereocenters. The van der Waals surface area contributed by atoms with Crippen LogP contribution in [0.1, 0.15) is 23.7 Å². The molecule has 1 fully saturated rings. The summed E-state index contributed by atoms with van der Waals surface area (Å²) in [6.45, 7) is 3.41. The second-order valence-electron chi connectivity index (χ2n) is 6.01. The van der Waals surface area contributed by atoms with Crippen molar-refractivity contribution in [2.24, 2.45) is 0 Å². The summed E-state index contributed by atoms with van der Waals surface area (Å²) >= 11 is 3.38. The van der Waals surface area contributed by atoms with E-state index in [1.165, 1.54) is 0 Å². The van der Waals surface area contributed by atoms with Crippen LogP contribution in [0.5, 0.6) is 0 Å². The van der Waals surface area contributed by atoms with E-state index in [1.54, 1.807) is 18.3 Å². The molecule has 1 aliphatic heterocycles. The minimum Gasteiger partial charge on any atom is -0.355 e. The summed E-state index contributed by atoms with van der Waals surface area (Å²) in [5.74, 6) is 1.07. The Morgan fingerprint density at radius 2 is 2.04 bits per heavy atom. The molecule has 0 aliphatic carbocycles. The maximum atomic E-state index is 12.7. The van der Waals surface area contributed by atoms with Crippen molar-refractivity contribution in [3.8, 4) is 0 Å². The van der Waals surface area contributed by atoms with Gasteiger partial charge in [-0.15, -0.1) is 0 Å². The number of carbonyl (C=O) groups excluding carboxylic acids is 1. The second-order valence-corrected chi connectivity index (χ2v) is 8.90. The van der Waals surface area contributed by atoms with Gasteiger partial charge in [0.2, 0.25) is 0 Å². The topological polar surface area (TPSA) is 62.3 Å². The van der Waals surface area contributed by atoms with E-state index in [9.17, 15) is 9.00 Å². The van der Waals surface area contributed by atoms with Crippen molar-refractivity contribution in [2.45, 2.75) is 18.6 Å². The van der Waals surface area contributed by atoms with Gasteiger partial charge < -0.3 is 10.2 Å². The molecule has 1 N–H and O–H groups in total. The fourth-order valence-electron chi connectivity index (χ4n) is 2.75. The molecule has 7 heteroatoms. The minimum atomic E-state index is -0.822. The lowest BCUT2D eigenvalue weighted by Gasteiger charge is -2.23. The number of rotatable bonds is 3. The van der Waals surface area contributed by atoms with Gasteiger partial charge in [0.1, 0.15) is 5.82 Å². The number of hydrogen-bond donors (Lipinski definition) is 1. The summed E-state index contributed by atoms with van der Waals surface area (Å²) in [7, 11) is -0.822. The molecule has 3 rings (SSSR count). The summed E-state index contributed by atoms with van der Waals surface area (Å²) in [4.78, 5) is 19.2. The van der Waals surface area contributed by atoms with Gasteiger partial charge in [0.15, 0.2) is 0 Å². The maximum Gasteiger partial charge on any atom is 0.259 e. The van der Waals surface area contributed by atoms with Crippen molar-refractivity contribution in [3.63, 3.8) is 0 Å². The summed E-state index contributed by atoms with van der Waals surface area (Å²) in [5.41, 5.74) is 1.26. The Morgan fingerprint density at radius 3 is 2.80 bits per heavy atom. The number of benzene rings is 1. The van der Waals surface area contributed by atoms with Gasteiger partial charge in [-0.25, -0.2) is 4.98 Å². The van der Waals surface area contributed by atoms with Gasteiger partial charge in [-0.1, -0.05) is 22.9 Å². The van der Waals surface area contributed by atoms with Gasteiger partial charge in [-0.3, -0.25) is 9.00 Å². The summed E-state index contributed by atoms with van der Waals surface area (Å²) < 4.78 is 13.0. The monoisotopic (exact) mass is 421 g/mol. The molecule has 132 valence electrons. The molecule has 1 saturated heterocycles. The third-order valence-corrected chi connectivity index (χ3v) is 6.50. The maximum absolute atomic E-state index is 12.7. The highest BCUT2D eigenvalue weighted by atomic mass is 79.9. The first-order valence-electron chi connectivity index (χ1n) is 8.18. The van der Waals surface area contributed by atoms with Crippen LogP contribution in [-0.2, 0) is 10.8 Å². The van der Waals surface area contributed by atoms with Crippen LogP contribution in [0.4, 0.5) is 11.5 Å². The van der Waals surface area contributed by atoms with Crippen LogP contribution in [0.3, 0.4) is 0 Å². The molecule has 0 unspecified atom stereocenters. The molecule has 5 nitrogen and oxygen atoms in total. The Labute approximate surface area is 158 Å². The number of carbonyl (C=O) groups is 1. The number of hydrogen-bond acceptors (Lipinski definition) is 4. The molecule has 25 heavy (non-hydrogen) atoms. The quantitative estimate of drug-likeness (QED) is 0.823. The molecule has 2 heterocycles. The lowest BCUT2D eigenvalue weighted by atomic mass is 10.2. The molecule has 1 aliphatic rings. The van der Waals surface area contributed by atoms with Crippen LogP contribution < -0.4 is 10.2 Å². The van der Waals surface area contributed by atoms with Crippen LogP contribution >= 0.6 is 15.9 Å². The van der Waals surface area contributed by atoms with Crippen LogP contribution in [0, 0.1) is 0 Å². The van der Waals surface area contributed by atoms with Gasteiger partial charge in [0, 0.05) is 51.2 Å². The highest BCUT2D eigenvalue weighted by Crippen LogP contribution is 2.22. The van der Waals surface area contributed by atoms with Crippen molar-refractivity contribution in [1.29, 1.82) is 0 Å². The van der Waals surface area contributed by atoms with Gasteiger partial charge >= 0.3 is 0 Å². The average Bonchev–Trinajstić information content (AvgIpc) is 2.79. The smallest absolute Gasteiger partial charge is 0.259 e. The molecule has 0 spiro atoms. The molecule has 1 aromatic heterocycles. The van der Waals surface area contributed by atoms with Crippen molar-refractivity contribution in [1.82, 2.24) is 4.98 Å². The van der Waals surface area contributed by atoms with Crippen molar-refractivity contribution in [3.05, 3.63) is 52.6 Å². The first-order valence-corrected chi connectivity index (χ1v) is 10.4. The molecule has 0 saturated carbocycles. The van der Waals surface area contributed by atoms with E-state index < -0.39 is 10.8 Å². The molecular formula is C18H20BrN3O2S. The zero-order chi connectivity index (χ0) is 17.8. The van der Waals surface area contributed by atoms with Crippen LogP contribution in [-0.4, -0.2) is 39.2 Å². The van der Waals surface area contributed by atoms with E-state index in [-0.39, 0.29) is 11.2 Å². The van der Waals surface area contributed by atoms with Crippen molar-refractivity contribution in [2.75, 3.05) is 29.1 Å². The SMILES string of the molecule is C[C@H]1CCN(c2ncccc2C(=O)Nc2ccc(Br)cc2)CC[S@@]1=O. The molecule has 1 amide bonds. The fraction of sp³-hybridized carbons (Fsp3) is 0.333. The van der Waals surface area contributed by atoms with Gasteiger partial charge in [-0.2, -0.15) is 0 Å². The van der Waals surface area contributed by atoms with E-state index in [2.05, 4.69) is 31.1 Å². The minimum absolute atomic E-state index is 0.175. The van der Waals surface area contributed by atoms with Gasteiger partial charge in [0.05, 0.1) is 5.56 Å². The molecule has 1 aromatic carbocycles. The van der Waals surface area contributed by atoms with Gasteiger partial charge in [-0.05, 0) is 42.8 Å². The number of halogens is 1. The van der Waals surface area contributed by atoms with E-state index in [0.29, 0.717) is 23.7 Å². The first kappa shape index (κ1) is 18.1. The molecular weight excluding hydrogens is 402 g/mol. The van der Waals surface area contributed by atoms with Crippen molar-refractivity contribution >= 4 is 44.1 Å². The summed E-state index contributed by atoms with van der Waals surface area (Å²) in [5, 5.41) is 3.09. The number of nitrogens with zero attached hydrogens (tertiary/aromatic N) is 2. The predicted molar refractivity (Wildman–Crippen MR) is 106 cm³/mol. The summed E-state index contributed by atoms with van der Waals surface area (Å²) in [6, 6.07) is 11.0. The third kappa shape index (κ3) is 4.46. The number of nitrogens with one attached hydrogen (secondary N) is 1. The Kier molecular flexibility index (Phi) is 5.86. The second kappa shape index (κ2) is 8.10. The Balaban J connectivity index is 1.81. The number of anilines is 2. The lowest BCUT2D eigenvalue weighted by Crippen LogP contribution is -2.29. The standard InChI is InChI=1S/C18H20BrN3O2S/c1-13-8-10-22(11-12-25(13)24)17-16(3-2-9-20-17)18(23)21-15-6-4-14(19)5-7-15/h2-7,9,13H,8,10-12H2,1H3,(H,21,23)/t13-,25-/m0/s1. The summed E-state index contributed by atoms with van der Waals surface area (Å²) in [6.07, 6.45) is 2.52. The molecule has 0 radical (unpaired) electrons. The lowest BCUT2D eigenvalue weighted by molar-refractivity contribution is 0.102. The van der Waals surface area contributed by atoms with E-state index >= 15 is 0 Å². The largest absolute Gasteiger partial charge is 0.355 e. The molecule has 0 bridgehead atoms. The zero-order valence-corrected chi connectivity index (χ0v) is 16.3. The Morgan fingerprint density at radius 1 is 1.28 bits per heavy atom. The number of amides is 1. The number of pyridine rings is 1. The highest BCUT2D eigenvalue weighted by Gasteiger charge is 2.23. The van der Waals surface area contributed by atoms with Crippen LogP contribution in [0.15, 0.2) is 47.1 Å². The van der Waals surface area contributed by atoms with E-state index in [4.69, 9.17) is 0 Å². The van der Waals surface area contributed by atoms with E-state index in [0.717, 1.165) is 23.1 Å². The normalized spacial score (nSPS) is 20.8. The predicted octanol–water partition coefficient (Wildman–Crippen LogP) is 3.44. The highest BCUT2D eigenvalue weighted by molar-refractivity contribution is 9.10. The van der Waals surface area contributed by atoms with Crippen LogP contribution in [0.25, 0.3) is 0 Å². The Hall–Kier alpha value is -1.73. The van der Waals surface area contributed by atoms with Gasteiger partial charge in [0.25, 0.3) is 5.91 Å². The van der Waals surface area contributed by atoms with E-state index in [1.807, 2.05) is 31.2 Å². The van der Waals surface area contributed by atoms with Crippen LogP contribution in [0.2, 0.25) is 0 Å².